The van der Waals surface area contributed by atoms with Crippen molar-refractivity contribution in [3.63, 3.8) is 0 Å². The van der Waals surface area contributed by atoms with Crippen LogP contribution in [0.4, 0.5) is 5.82 Å². The van der Waals surface area contributed by atoms with Crippen molar-refractivity contribution in [3.8, 4) is 0 Å². The van der Waals surface area contributed by atoms with Crippen LogP contribution in [0.15, 0.2) is 30.5 Å². The average Bonchev–Trinajstić information content (AvgIpc) is 3.29. The Balaban J connectivity index is 1.58. The van der Waals surface area contributed by atoms with Gasteiger partial charge in [-0.1, -0.05) is 6.07 Å². The van der Waals surface area contributed by atoms with Crippen molar-refractivity contribution in [2.75, 3.05) is 11.9 Å². The number of imidazole rings is 1. The van der Waals surface area contributed by atoms with E-state index < -0.39 is 5.54 Å². The second-order valence-corrected chi connectivity index (χ2v) is 10.1. The molecule has 0 aliphatic carbocycles. The zero-order valence-corrected chi connectivity index (χ0v) is 19.7. The molecular formula is C24H30N6O3. The van der Waals surface area contributed by atoms with Gasteiger partial charge in [-0.2, -0.15) is 0 Å². The monoisotopic (exact) mass is 450 g/mol. The van der Waals surface area contributed by atoms with Gasteiger partial charge in [0.05, 0.1) is 5.54 Å². The standard InChI is InChI=1S/C24H30N6O3/c1-23(2,25)9-8-18(31)20-27-19(12-29(20)5)28-21(32)15-7-6-14-10-17-22(33)26-13-24(3,4)30(17)16(14)11-15/h6-7,10-12H,8-9,13,25H2,1-5H3,(H,26,33)(H,28,32). The highest BCUT2D eigenvalue weighted by atomic mass is 16.2. The van der Waals surface area contributed by atoms with Crippen LogP contribution in [-0.2, 0) is 12.6 Å². The van der Waals surface area contributed by atoms with Crippen LogP contribution in [0.3, 0.4) is 0 Å². The first-order valence-corrected chi connectivity index (χ1v) is 11.0. The minimum absolute atomic E-state index is 0.125. The molecule has 9 heteroatoms. The summed E-state index contributed by atoms with van der Waals surface area (Å²) in [5.74, 6) is -0.0162. The van der Waals surface area contributed by atoms with Gasteiger partial charge in [0.25, 0.3) is 11.8 Å². The van der Waals surface area contributed by atoms with E-state index in [-0.39, 0.29) is 35.4 Å². The maximum atomic E-state index is 13.0. The molecule has 0 saturated heterocycles. The molecule has 0 bridgehead atoms. The van der Waals surface area contributed by atoms with E-state index in [0.717, 1.165) is 10.9 Å². The summed E-state index contributed by atoms with van der Waals surface area (Å²) in [5, 5.41) is 6.58. The first-order chi connectivity index (χ1) is 15.4. The highest BCUT2D eigenvalue weighted by molar-refractivity contribution is 6.07. The molecule has 3 aromatic rings. The molecule has 1 aliphatic heterocycles. The van der Waals surface area contributed by atoms with E-state index in [9.17, 15) is 14.4 Å². The molecule has 0 unspecified atom stereocenters. The first-order valence-electron chi connectivity index (χ1n) is 11.0. The van der Waals surface area contributed by atoms with Crippen molar-refractivity contribution < 1.29 is 14.4 Å². The molecule has 0 spiro atoms. The molecule has 9 nitrogen and oxygen atoms in total. The summed E-state index contributed by atoms with van der Waals surface area (Å²) < 4.78 is 3.59. The third-order valence-electron chi connectivity index (χ3n) is 5.95. The van der Waals surface area contributed by atoms with E-state index in [4.69, 9.17) is 5.73 Å². The summed E-state index contributed by atoms with van der Waals surface area (Å²) in [6, 6.07) is 7.17. The number of rotatable bonds is 6. The predicted molar refractivity (Wildman–Crippen MR) is 127 cm³/mol. The van der Waals surface area contributed by atoms with Crippen LogP contribution in [0.25, 0.3) is 10.9 Å². The number of carbonyl (C=O) groups is 3. The van der Waals surface area contributed by atoms with Crippen molar-refractivity contribution in [2.24, 2.45) is 12.8 Å². The molecule has 4 rings (SSSR count). The lowest BCUT2D eigenvalue weighted by molar-refractivity contribution is 0.0890. The average molecular weight is 451 g/mol. The zero-order chi connectivity index (χ0) is 24.1. The number of nitrogens with one attached hydrogen (secondary N) is 2. The van der Waals surface area contributed by atoms with Gasteiger partial charge in [0.2, 0.25) is 0 Å². The van der Waals surface area contributed by atoms with Gasteiger partial charge in [0, 0.05) is 48.2 Å². The molecular weight excluding hydrogens is 420 g/mol. The topological polar surface area (TPSA) is 124 Å². The number of aryl methyl sites for hydroxylation is 1. The quantitative estimate of drug-likeness (QED) is 0.498. The van der Waals surface area contributed by atoms with Gasteiger partial charge < -0.3 is 25.5 Å². The fraction of sp³-hybridized carbons (Fsp3) is 0.417. The number of nitrogens with zero attached hydrogens (tertiary/aromatic N) is 3. The lowest BCUT2D eigenvalue weighted by atomic mass is 9.98. The largest absolute Gasteiger partial charge is 0.348 e. The smallest absolute Gasteiger partial charge is 0.268 e. The van der Waals surface area contributed by atoms with Crippen LogP contribution in [0, 0.1) is 0 Å². The van der Waals surface area contributed by atoms with Gasteiger partial charge in [-0.3, -0.25) is 14.4 Å². The van der Waals surface area contributed by atoms with Crippen molar-refractivity contribution in [1.82, 2.24) is 19.4 Å². The highest BCUT2D eigenvalue weighted by Crippen LogP contribution is 2.31. The van der Waals surface area contributed by atoms with Gasteiger partial charge in [0.1, 0.15) is 5.69 Å². The summed E-state index contributed by atoms with van der Waals surface area (Å²) in [7, 11) is 1.72. The molecule has 0 atom stereocenters. The Labute approximate surface area is 192 Å². The number of fused-ring (bicyclic) bond motifs is 3. The predicted octanol–water partition coefficient (Wildman–Crippen LogP) is 2.81. The van der Waals surface area contributed by atoms with E-state index in [1.807, 2.05) is 44.4 Å². The second-order valence-electron chi connectivity index (χ2n) is 10.1. The number of hydrogen-bond donors (Lipinski definition) is 3. The Morgan fingerprint density at radius 3 is 2.70 bits per heavy atom. The molecule has 0 fully saturated rings. The van der Waals surface area contributed by atoms with Crippen LogP contribution in [0.5, 0.6) is 0 Å². The number of anilines is 1. The third-order valence-corrected chi connectivity index (χ3v) is 5.95. The number of ketones is 1. The maximum Gasteiger partial charge on any atom is 0.268 e. The molecule has 2 aromatic heterocycles. The Morgan fingerprint density at radius 1 is 1.27 bits per heavy atom. The molecule has 4 N–H and O–H groups in total. The zero-order valence-electron chi connectivity index (χ0n) is 19.7. The van der Waals surface area contributed by atoms with Crippen LogP contribution in [0.2, 0.25) is 0 Å². The Hall–Kier alpha value is -3.46. The number of Topliss-reactive ketones (excluding diaryl/α,β-unsaturated/α-hetero) is 1. The molecule has 3 heterocycles. The molecule has 2 amide bonds. The second kappa shape index (κ2) is 7.84. The van der Waals surface area contributed by atoms with Gasteiger partial charge in [-0.15, -0.1) is 0 Å². The molecule has 0 radical (unpaired) electrons. The number of carbonyl (C=O) groups excluding carboxylic acids is 3. The van der Waals surface area contributed by atoms with Crippen molar-refractivity contribution >= 4 is 34.3 Å². The van der Waals surface area contributed by atoms with Crippen LogP contribution >= 0.6 is 0 Å². The summed E-state index contributed by atoms with van der Waals surface area (Å²) in [5.41, 5.74) is 7.04. The Morgan fingerprint density at radius 2 is 2.00 bits per heavy atom. The summed E-state index contributed by atoms with van der Waals surface area (Å²) in [6.45, 7) is 8.33. The van der Waals surface area contributed by atoms with E-state index >= 15 is 0 Å². The molecule has 174 valence electrons. The lowest BCUT2D eigenvalue weighted by Crippen LogP contribution is -2.47. The van der Waals surface area contributed by atoms with E-state index in [1.54, 1.807) is 29.9 Å². The molecule has 0 saturated carbocycles. The molecule has 33 heavy (non-hydrogen) atoms. The summed E-state index contributed by atoms with van der Waals surface area (Å²) in [4.78, 5) is 42.2. The fourth-order valence-corrected chi connectivity index (χ4v) is 4.15. The Bertz CT molecular complexity index is 1280. The van der Waals surface area contributed by atoms with Crippen LogP contribution in [0.1, 0.15) is 72.0 Å². The van der Waals surface area contributed by atoms with Crippen molar-refractivity contribution in [2.45, 2.75) is 51.6 Å². The third kappa shape index (κ3) is 4.41. The molecule has 1 aliphatic rings. The van der Waals surface area contributed by atoms with Crippen LogP contribution in [-0.4, -0.2) is 43.8 Å². The SMILES string of the molecule is Cn1cc(NC(=O)c2ccc3cc4n(c3c2)C(C)(C)CNC4=O)nc1C(=O)CCC(C)(C)N. The highest BCUT2D eigenvalue weighted by Gasteiger charge is 2.32. The number of amides is 2. The lowest BCUT2D eigenvalue weighted by Gasteiger charge is -2.34. The minimum atomic E-state index is -0.441. The molecule has 1 aromatic carbocycles. The van der Waals surface area contributed by atoms with Crippen LogP contribution < -0.4 is 16.4 Å². The van der Waals surface area contributed by atoms with E-state index in [0.29, 0.717) is 30.0 Å². The number of aromatic nitrogens is 3. The normalized spacial score (nSPS) is 15.3. The van der Waals surface area contributed by atoms with Gasteiger partial charge >= 0.3 is 0 Å². The summed E-state index contributed by atoms with van der Waals surface area (Å²) >= 11 is 0. The number of benzene rings is 1. The summed E-state index contributed by atoms with van der Waals surface area (Å²) in [6.07, 6.45) is 2.43. The Kier molecular flexibility index (Phi) is 5.40. The minimum Gasteiger partial charge on any atom is -0.348 e. The van der Waals surface area contributed by atoms with Crippen molar-refractivity contribution in [1.29, 1.82) is 0 Å². The van der Waals surface area contributed by atoms with Gasteiger partial charge in [-0.25, -0.2) is 4.98 Å². The van der Waals surface area contributed by atoms with E-state index in [2.05, 4.69) is 15.6 Å². The van der Waals surface area contributed by atoms with E-state index in [1.165, 1.54) is 0 Å². The number of hydrogen-bond acceptors (Lipinski definition) is 5. The number of nitrogens with two attached hydrogens (primary N) is 1. The fourth-order valence-electron chi connectivity index (χ4n) is 4.15. The van der Waals surface area contributed by atoms with Gasteiger partial charge in [-0.05, 0) is 52.3 Å². The maximum absolute atomic E-state index is 13.0. The first kappa shape index (κ1) is 22.7. The van der Waals surface area contributed by atoms with Crippen molar-refractivity contribution in [3.05, 3.63) is 47.5 Å². The van der Waals surface area contributed by atoms with Gasteiger partial charge in [0.15, 0.2) is 17.4 Å².